The van der Waals surface area contributed by atoms with Gasteiger partial charge in [-0.25, -0.2) is 9.67 Å². The average Bonchev–Trinajstić information content (AvgIpc) is 3.38. The second-order valence-corrected chi connectivity index (χ2v) is 8.80. The molecule has 0 saturated carbocycles. The van der Waals surface area contributed by atoms with E-state index in [0.717, 1.165) is 21.7 Å². The molecule has 4 aromatic rings. The van der Waals surface area contributed by atoms with Gasteiger partial charge in [-0.3, -0.25) is 9.28 Å². The van der Waals surface area contributed by atoms with Crippen LogP contribution in [0.4, 0.5) is 11.5 Å². The van der Waals surface area contributed by atoms with Crippen LogP contribution in [-0.2, 0) is 0 Å². The van der Waals surface area contributed by atoms with Gasteiger partial charge >= 0.3 is 0 Å². The van der Waals surface area contributed by atoms with E-state index in [-0.39, 0.29) is 5.91 Å². The fraction of sp³-hybridized carbons (Fsp3) is 0.182. The first-order valence-corrected chi connectivity index (χ1v) is 10.3. The number of nitrogens with zero attached hydrogens (tertiary/aromatic N) is 5. The Balaban J connectivity index is 1.55. The second-order valence-electron chi connectivity index (χ2n) is 7.79. The smallest absolute Gasteiger partial charge is 0.256 e. The molecule has 0 aliphatic heterocycles. The summed E-state index contributed by atoms with van der Waals surface area (Å²) in [6.45, 7) is 0. The third-order valence-electron chi connectivity index (χ3n) is 4.71. The van der Waals surface area contributed by atoms with Gasteiger partial charge in [0.05, 0.1) is 38.5 Å². The van der Waals surface area contributed by atoms with Crippen molar-refractivity contribution in [2.45, 2.75) is 0 Å². The molecule has 0 aliphatic carbocycles. The quantitative estimate of drug-likeness (QED) is 0.483. The molecule has 8 nitrogen and oxygen atoms in total. The molecule has 156 valence electrons. The minimum atomic E-state index is -0.330. The maximum Gasteiger partial charge on any atom is 0.256 e. The normalized spacial score (nSPS) is 11.3. The van der Waals surface area contributed by atoms with Gasteiger partial charge in [-0.2, -0.15) is 5.26 Å². The number of thiazole rings is 1. The van der Waals surface area contributed by atoms with E-state index in [9.17, 15) is 10.1 Å². The Kier molecular flexibility index (Phi) is 5.19. The summed E-state index contributed by atoms with van der Waals surface area (Å²) >= 11 is 1.48. The highest BCUT2D eigenvalue weighted by atomic mass is 32.1. The summed E-state index contributed by atoms with van der Waals surface area (Å²) in [4.78, 5) is 17.3. The zero-order valence-electron chi connectivity index (χ0n) is 17.6. The number of nitrogens with one attached hydrogen (secondary N) is 1. The molecule has 2 heterocycles. The van der Waals surface area contributed by atoms with Gasteiger partial charge in [-0.1, -0.05) is 11.3 Å². The Morgan fingerprint density at radius 2 is 2.00 bits per heavy atom. The van der Waals surface area contributed by atoms with Gasteiger partial charge < -0.3 is 10.1 Å². The summed E-state index contributed by atoms with van der Waals surface area (Å²) in [5.74, 6) is 0.837. The Morgan fingerprint density at radius 3 is 2.71 bits per heavy atom. The van der Waals surface area contributed by atoms with Crippen molar-refractivity contribution in [3.63, 3.8) is 0 Å². The van der Waals surface area contributed by atoms with E-state index in [2.05, 4.69) is 21.5 Å². The molecule has 1 N–H and O–H groups in total. The molecule has 0 unspecified atom stereocenters. The number of carbonyl (C=O) groups is 1. The van der Waals surface area contributed by atoms with Crippen LogP contribution < -0.4 is 14.5 Å². The van der Waals surface area contributed by atoms with Crippen LogP contribution in [0.3, 0.4) is 0 Å². The summed E-state index contributed by atoms with van der Waals surface area (Å²) in [6.07, 6.45) is 1.74. The van der Waals surface area contributed by atoms with Crippen LogP contribution in [0.5, 0.6) is 5.75 Å². The van der Waals surface area contributed by atoms with Crippen molar-refractivity contribution in [1.29, 1.82) is 5.26 Å². The number of nitriles is 1. The second kappa shape index (κ2) is 7.83. The van der Waals surface area contributed by atoms with Gasteiger partial charge in [0.2, 0.25) is 5.13 Å². The summed E-state index contributed by atoms with van der Waals surface area (Å²) < 4.78 is 8.35. The molecule has 2 aromatic heterocycles. The molecule has 0 fully saturated rings. The lowest BCUT2D eigenvalue weighted by molar-refractivity contribution is 0.102. The lowest BCUT2D eigenvalue weighted by Gasteiger charge is -2.24. The standard InChI is InChI=1S/C22H20N6O2S/c1-28(2,3)18-8-5-14(11-15(18)13-23)21(29)25-20-9-10-27(26-20)22-24-17-7-6-16(30-4)12-19(17)31-22/h5-12H,1-4H3/p+1. The number of amides is 1. The van der Waals surface area contributed by atoms with Crippen LogP contribution in [0.25, 0.3) is 15.3 Å². The number of ether oxygens (including phenoxy) is 1. The largest absolute Gasteiger partial charge is 0.497 e. The molecular weight excluding hydrogens is 412 g/mol. The molecule has 9 heteroatoms. The van der Waals surface area contributed by atoms with Gasteiger partial charge in [0.25, 0.3) is 5.91 Å². The Bertz CT molecular complexity index is 1330. The summed E-state index contributed by atoms with van der Waals surface area (Å²) in [5, 5.41) is 17.4. The number of methoxy groups -OCH3 is 1. The number of anilines is 1. The predicted octanol–water partition coefficient (Wildman–Crippen LogP) is 3.81. The predicted molar refractivity (Wildman–Crippen MR) is 122 cm³/mol. The molecule has 31 heavy (non-hydrogen) atoms. The fourth-order valence-corrected chi connectivity index (χ4v) is 4.08. The molecule has 0 spiro atoms. The van der Waals surface area contributed by atoms with E-state index in [1.807, 2.05) is 45.4 Å². The van der Waals surface area contributed by atoms with Crippen LogP contribution in [-0.4, -0.2) is 48.9 Å². The first kappa shape index (κ1) is 20.5. The van der Waals surface area contributed by atoms with Gasteiger partial charge in [0.1, 0.15) is 23.1 Å². The Morgan fingerprint density at radius 1 is 1.19 bits per heavy atom. The van der Waals surface area contributed by atoms with E-state index in [4.69, 9.17) is 4.74 Å². The molecule has 0 aliphatic rings. The highest BCUT2D eigenvalue weighted by Crippen LogP contribution is 2.28. The maximum absolute atomic E-state index is 12.7. The molecule has 4 rings (SSSR count). The highest BCUT2D eigenvalue weighted by molar-refractivity contribution is 7.20. The summed E-state index contributed by atoms with van der Waals surface area (Å²) in [7, 11) is 7.54. The first-order chi connectivity index (χ1) is 14.8. The lowest BCUT2D eigenvalue weighted by Crippen LogP contribution is -2.35. The third kappa shape index (κ3) is 4.12. The van der Waals surface area contributed by atoms with Crippen LogP contribution in [0.1, 0.15) is 15.9 Å². The van der Waals surface area contributed by atoms with Crippen molar-refractivity contribution < 1.29 is 9.53 Å². The van der Waals surface area contributed by atoms with Gasteiger partial charge in [0, 0.05) is 23.9 Å². The van der Waals surface area contributed by atoms with Crippen molar-refractivity contribution in [3.05, 3.63) is 59.8 Å². The minimum absolute atomic E-state index is 0.330. The van der Waals surface area contributed by atoms with Crippen molar-refractivity contribution >= 4 is 39.0 Å². The molecule has 0 atom stereocenters. The summed E-state index contributed by atoms with van der Waals surface area (Å²) in [6, 6.07) is 14.7. The van der Waals surface area contributed by atoms with Crippen LogP contribution in [0, 0.1) is 11.3 Å². The van der Waals surface area contributed by atoms with Crippen LogP contribution in [0.2, 0.25) is 0 Å². The number of rotatable bonds is 5. The molecule has 0 bridgehead atoms. The van der Waals surface area contributed by atoms with Crippen LogP contribution >= 0.6 is 11.3 Å². The monoisotopic (exact) mass is 433 g/mol. The fourth-order valence-electron chi connectivity index (χ4n) is 3.16. The molecule has 0 saturated heterocycles. The number of hydrogen-bond donors (Lipinski definition) is 1. The molecule has 1 amide bonds. The maximum atomic E-state index is 12.7. The minimum Gasteiger partial charge on any atom is -0.497 e. The zero-order valence-corrected chi connectivity index (χ0v) is 18.4. The van der Waals surface area contributed by atoms with Crippen molar-refractivity contribution in [2.75, 3.05) is 33.6 Å². The van der Waals surface area contributed by atoms with Crippen molar-refractivity contribution in [1.82, 2.24) is 19.2 Å². The molecule has 2 aromatic carbocycles. The Labute approximate surface area is 183 Å². The number of benzene rings is 2. The first-order valence-electron chi connectivity index (χ1n) is 9.46. The number of quaternary nitrogens is 1. The van der Waals surface area contributed by atoms with Gasteiger partial charge in [-0.15, -0.1) is 5.10 Å². The summed E-state index contributed by atoms with van der Waals surface area (Å²) in [5.41, 5.74) is 2.56. The average molecular weight is 434 g/mol. The highest BCUT2D eigenvalue weighted by Gasteiger charge is 2.20. The van der Waals surface area contributed by atoms with E-state index in [0.29, 0.717) is 26.6 Å². The zero-order chi connectivity index (χ0) is 22.2. The number of fused-ring (bicyclic) bond motifs is 1. The lowest BCUT2D eigenvalue weighted by atomic mass is 10.1. The van der Waals surface area contributed by atoms with E-state index in [1.165, 1.54) is 11.3 Å². The van der Waals surface area contributed by atoms with Gasteiger partial charge in [0.15, 0.2) is 5.82 Å². The van der Waals surface area contributed by atoms with Gasteiger partial charge in [-0.05, 0) is 30.3 Å². The van der Waals surface area contributed by atoms with Crippen molar-refractivity contribution in [2.24, 2.45) is 0 Å². The molecule has 0 radical (unpaired) electrons. The van der Waals surface area contributed by atoms with E-state index < -0.39 is 0 Å². The van der Waals surface area contributed by atoms with Crippen molar-refractivity contribution in [3.8, 4) is 17.0 Å². The number of hydrogen-bond acceptors (Lipinski definition) is 6. The Hall–Kier alpha value is -3.74. The topological polar surface area (TPSA) is 92.8 Å². The van der Waals surface area contributed by atoms with Crippen LogP contribution in [0.15, 0.2) is 48.7 Å². The molecular formula is C22H21N6O2S+. The van der Waals surface area contributed by atoms with E-state index in [1.54, 1.807) is 36.2 Å². The van der Waals surface area contributed by atoms with E-state index >= 15 is 0 Å². The number of aromatic nitrogens is 3. The number of carbonyl (C=O) groups excluding carboxylic acids is 1. The third-order valence-corrected chi connectivity index (χ3v) is 5.72. The SMILES string of the molecule is COc1ccc2nc(-n3ccc(NC(=O)c4ccc([N+](C)(C)C)c(C#N)c4)n3)sc2c1.